The first kappa shape index (κ1) is 15.8. The van der Waals surface area contributed by atoms with Gasteiger partial charge < -0.3 is 25.4 Å². The van der Waals surface area contributed by atoms with E-state index in [1.807, 2.05) is 0 Å². The average Bonchev–Trinajstić information content (AvgIpc) is 3.00. The quantitative estimate of drug-likeness (QED) is 0.703. The molecule has 3 unspecified atom stereocenters. The lowest BCUT2D eigenvalue weighted by molar-refractivity contribution is -0.0566. The van der Waals surface area contributed by atoms with Gasteiger partial charge in [-0.05, 0) is 13.8 Å². The topological polar surface area (TPSA) is 129 Å². The van der Waals surface area contributed by atoms with E-state index >= 15 is 0 Å². The number of imidazole rings is 1. The number of ether oxygens (including phenoxy) is 2. The Labute approximate surface area is 130 Å². The molecule has 1 aliphatic heterocycles. The highest BCUT2D eigenvalue weighted by Gasteiger charge is 2.55. The predicted octanol–water partition coefficient (Wildman–Crippen LogP) is -0.214. The van der Waals surface area contributed by atoms with Crippen molar-refractivity contribution >= 4 is 17.1 Å². The third kappa shape index (κ3) is 2.38. The molecule has 1 saturated heterocycles. The van der Waals surface area contributed by atoms with Crippen LogP contribution in [0, 0.1) is 0 Å². The SMILES string of the molecule is CCOc1nc(N)nc2c1ncn2C1OC(CO)C(O)[C@@]1(C)F. The first-order valence-electron chi connectivity index (χ1n) is 7.16. The van der Waals surface area contributed by atoms with Gasteiger partial charge in [0.25, 0.3) is 0 Å². The van der Waals surface area contributed by atoms with Crippen LogP contribution >= 0.6 is 0 Å². The van der Waals surface area contributed by atoms with Gasteiger partial charge in [-0.15, -0.1) is 0 Å². The van der Waals surface area contributed by atoms with Gasteiger partial charge in [0.15, 0.2) is 23.1 Å². The van der Waals surface area contributed by atoms with Crippen molar-refractivity contribution < 1.29 is 24.1 Å². The number of aliphatic hydroxyl groups is 2. The fourth-order valence-corrected chi connectivity index (χ4v) is 2.68. The van der Waals surface area contributed by atoms with Gasteiger partial charge in [0.05, 0.1) is 19.5 Å². The number of aromatic nitrogens is 4. The second-order valence-electron chi connectivity index (χ2n) is 5.45. The molecular weight excluding hydrogens is 309 g/mol. The van der Waals surface area contributed by atoms with Crippen LogP contribution in [0.1, 0.15) is 20.1 Å². The second-order valence-corrected chi connectivity index (χ2v) is 5.45. The van der Waals surface area contributed by atoms with Gasteiger partial charge >= 0.3 is 0 Å². The average molecular weight is 327 g/mol. The first-order valence-corrected chi connectivity index (χ1v) is 7.16. The predicted molar refractivity (Wildman–Crippen MR) is 77.4 cm³/mol. The van der Waals surface area contributed by atoms with Crippen molar-refractivity contribution in [2.75, 3.05) is 18.9 Å². The molecule has 0 radical (unpaired) electrons. The molecule has 0 bridgehead atoms. The Morgan fingerprint density at radius 3 is 2.87 bits per heavy atom. The lowest BCUT2D eigenvalue weighted by atomic mass is 9.98. The molecule has 4 atom stereocenters. The van der Waals surface area contributed by atoms with Gasteiger partial charge in [0.1, 0.15) is 12.2 Å². The largest absolute Gasteiger partial charge is 0.476 e. The summed E-state index contributed by atoms with van der Waals surface area (Å²) in [5, 5.41) is 19.2. The summed E-state index contributed by atoms with van der Waals surface area (Å²) in [6, 6.07) is 0. The molecule has 9 nitrogen and oxygen atoms in total. The number of aliphatic hydroxyl groups excluding tert-OH is 2. The Balaban J connectivity index is 2.10. The van der Waals surface area contributed by atoms with Crippen molar-refractivity contribution in [2.45, 2.75) is 38.0 Å². The van der Waals surface area contributed by atoms with E-state index in [4.69, 9.17) is 15.2 Å². The summed E-state index contributed by atoms with van der Waals surface area (Å²) in [6.07, 6.45) is -2.43. The minimum Gasteiger partial charge on any atom is -0.476 e. The first-order chi connectivity index (χ1) is 10.9. The van der Waals surface area contributed by atoms with E-state index in [0.717, 1.165) is 0 Å². The Kier molecular flexibility index (Phi) is 3.82. The minimum atomic E-state index is -2.15. The number of alkyl halides is 1. The highest BCUT2D eigenvalue weighted by atomic mass is 19.1. The zero-order chi connectivity index (χ0) is 16.8. The van der Waals surface area contributed by atoms with E-state index in [9.17, 15) is 14.6 Å². The number of nitrogens with two attached hydrogens (primary N) is 1. The molecular formula is C13H18FN5O4. The maximum atomic E-state index is 14.9. The molecule has 0 aliphatic carbocycles. The van der Waals surface area contributed by atoms with Gasteiger partial charge in [0, 0.05) is 0 Å². The van der Waals surface area contributed by atoms with Gasteiger partial charge in [-0.3, -0.25) is 4.57 Å². The summed E-state index contributed by atoms with van der Waals surface area (Å²) in [6.45, 7) is 2.81. The fraction of sp³-hybridized carbons (Fsp3) is 0.615. The second kappa shape index (κ2) is 5.55. The lowest BCUT2D eigenvalue weighted by Gasteiger charge is -2.24. The van der Waals surface area contributed by atoms with Crippen LogP contribution in [0.5, 0.6) is 5.88 Å². The van der Waals surface area contributed by atoms with Crippen LogP contribution < -0.4 is 10.5 Å². The van der Waals surface area contributed by atoms with E-state index in [1.165, 1.54) is 17.8 Å². The third-order valence-corrected chi connectivity index (χ3v) is 3.84. The van der Waals surface area contributed by atoms with Crippen LogP contribution in [-0.2, 0) is 4.74 Å². The molecule has 0 aromatic carbocycles. The number of nitrogens with zero attached hydrogens (tertiary/aromatic N) is 4. The molecule has 0 spiro atoms. The van der Waals surface area contributed by atoms with E-state index < -0.39 is 30.7 Å². The number of fused-ring (bicyclic) bond motifs is 1. The molecule has 1 aliphatic rings. The number of hydrogen-bond acceptors (Lipinski definition) is 8. The number of rotatable bonds is 4. The van der Waals surface area contributed by atoms with E-state index in [-0.39, 0.29) is 17.5 Å². The summed E-state index contributed by atoms with van der Waals surface area (Å²) in [4.78, 5) is 12.1. The van der Waals surface area contributed by atoms with Crippen LogP contribution in [0.25, 0.3) is 11.2 Å². The molecule has 10 heteroatoms. The lowest BCUT2D eigenvalue weighted by Crippen LogP contribution is -2.40. The molecule has 1 fully saturated rings. The van der Waals surface area contributed by atoms with E-state index in [0.29, 0.717) is 12.1 Å². The van der Waals surface area contributed by atoms with Crippen LogP contribution in [0.3, 0.4) is 0 Å². The smallest absolute Gasteiger partial charge is 0.247 e. The van der Waals surface area contributed by atoms with Gasteiger partial charge in [-0.2, -0.15) is 9.97 Å². The molecule has 4 N–H and O–H groups in total. The number of hydrogen-bond donors (Lipinski definition) is 3. The molecule has 2 aromatic heterocycles. The van der Waals surface area contributed by atoms with Crippen LogP contribution in [-0.4, -0.2) is 60.8 Å². The van der Waals surface area contributed by atoms with Crippen LogP contribution in [0.15, 0.2) is 6.33 Å². The summed E-state index contributed by atoms with van der Waals surface area (Å²) in [5.41, 5.74) is 4.05. The Hall–Kier alpha value is -2.04. The van der Waals surface area contributed by atoms with E-state index in [1.54, 1.807) is 6.92 Å². The molecule has 23 heavy (non-hydrogen) atoms. The van der Waals surface area contributed by atoms with Crippen molar-refractivity contribution in [3.8, 4) is 5.88 Å². The molecule has 0 saturated carbocycles. The Morgan fingerprint density at radius 1 is 1.52 bits per heavy atom. The van der Waals surface area contributed by atoms with Crippen molar-refractivity contribution in [1.82, 2.24) is 19.5 Å². The standard InChI is InChI=1S/C13H18FN5O4/c1-3-22-10-7-9(17-12(15)18-10)19(5-16-7)11-13(2,14)8(21)6(4-20)23-11/h5-6,8,11,20-21H,3-4H2,1-2H3,(H2,15,17,18)/t6?,8?,11?,13-/m1/s1. The van der Waals surface area contributed by atoms with Gasteiger partial charge in [-0.1, -0.05) is 0 Å². The molecule has 2 aromatic rings. The highest BCUT2D eigenvalue weighted by Crippen LogP contribution is 2.42. The number of nitrogen functional groups attached to an aromatic ring is 1. The monoisotopic (exact) mass is 327 g/mol. The maximum Gasteiger partial charge on any atom is 0.247 e. The third-order valence-electron chi connectivity index (χ3n) is 3.84. The van der Waals surface area contributed by atoms with Crippen LogP contribution in [0.4, 0.5) is 10.3 Å². The van der Waals surface area contributed by atoms with Gasteiger partial charge in [-0.25, -0.2) is 9.37 Å². The van der Waals surface area contributed by atoms with E-state index in [2.05, 4.69) is 15.0 Å². The normalized spacial score (nSPS) is 30.9. The zero-order valence-corrected chi connectivity index (χ0v) is 12.7. The van der Waals surface area contributed by atoms with Gasteiger partial charge in [0.2, 0.25) is 11.8 Å². The number of anilines is 1. The fourth-order valence-electron chi connectivity index (χ4n) is 2.68. The number of halogens is 1. The van der Waals surface area contributed by atoms with Crippen molar-refractivity contribution in [3.05, 3.63) is 6.33 Å². The van der Waals surface area contributed by atoms with Crippen molar-refractivity contribution in [3.63, 3.8) is 0 Å². The summed E-state index contributed by atoms with van der Waals surface area (Å²) >= 11 is 0. The van der Waals surface area contributed by atoms with Crippen LogP contribution in [0.2, 0.25) is 0 Å². The molecule has 3 heterocycles. The molecule has 126 valence electrons. The molecule has 0 amide bonds. The maximum absolute atomic E-state index is 14.9. The highest BCUT2D eigenvalue weighted by molar-refractivity contribution is 5.77. The van der Waals surface area contributed by atoms with Crippen molar-refractivity contribution in [1.29, 1.82) is 0 Å². The summed E-state index contributed by atoms with van der Waals surface area (Å²) < 4.78 is 27.0. The van der Waals surface area contributed by atoms with Crippen molar-refractivity contribution in [2.24, 2.45) is 0 Å². The Bertz CT molecular complexity index is 722. The summed E-state index contributed by atoms with van der Waals surface area (Å²) in [7, 11) is 0. The Morgan fingerprint density at radius 2 is 2.26 bits per heavy atom. The summed E-state index contributed by atoms with van der Waals surface area (Å²) in [5.74, 6) is 0.132. The molecule has 3 rings (SSSR count). The zero-order valence-electron chi connectivity index (χ0n) is 12.7. The minimum absolute atomic E-state index is 0.0551.